The van der Waals surface area contributed by atoms with E-state index in [1.165, 1.54) is 36.1 Å². The summed E-state index contributed by atoms with van der Waals surface area (Å²) in [5, 5.41) is 4.26. The second-order valence-corrected chi connectivity index (χ2v) is 12.4. The summed E-state index contributed by atoms with van der Waals surface area (Å²) in [4.78, 5) is 38.7. The van der Waals surface area contributed by atoms with E-state index in [9.17, 15) is 18.9 Å². The van der Waals surface area contributed by atoms with E-state index >= 15 is 0 Å². The highest BCUT2D eigenvalue weighted by Crippen LogP contribution is 2.55. The molecule has 0 radical (unpaired) electrons. The molecule has 2 atom stereocenters. The molecule has 2 rings (SSSR count). The van der Waals surface area contributed by atoms with Crippen LogP contribution in [0.3, 0.4) is 0 Å². The van der Waals surface area contributed by atoms with Crippen LogP contribution in [0.15, 0.2) is 53.6 Å². The lowest BCUT2D eigenvalue weighted by Crippen LogP contribution is -2.25. The quantitative estimate of drug-likeness (QED) is 0.190. The number of nitrogens with zero attached hydrogens (tertiary/aromatic N) is 3. The molecule has 15 heteroatoms. The molecule has 0 heterocycles. The minimum atomic E-state index is -4.75. The van der Waals surface area contributed by atoms with Crippen molar-refractivity contribution in [1.82, 2.24) is 9.68 Å². The van der Waals surface area contributed by atoms with Crippen molar-refractivity contribution < 1.29 is 38.0 Å². The monoisotopic (exact) mass is 536 g/mol. The smallest absolute Gasteiger partial charge is 0.497 e. The molecule has 33 heavy (non-hydrogen) atoms. The largest absolute Gasteiger partial charge is 0.540 e. The van der Waals surface area contributed by atoms with E-state index in [2.05, 4.69) is 5.10 Å². The van der Waals surface area contributed by atoms with Gasteiger partial charge in [0.1, 0.15) is 17.8 Å². The second-order valence-electron chi connectivity index (χ2n) is 6.93. The van der Waals surface area contributed by atoms with Gasteiger partial charge in [0.05, 0.1) is 20.4 Å². The number of hydrogen-bond acceptors (Lipinski definition) is 7. The summed E-state index contributed by atoms with van der Waals surface area (Å²) in [5.41, 5.74) is 1.01. The topological polar surface area (TPSA) is 152 Å². The van der Waals surface area contributed by atoms with Crippen molar-refractivity contribution in [2.24, 2.45) is 5.10 Å². The number of ether oxygens (including phenoxy) is 1. The highest BCUT2D eigenvalue weighted by molar-refractivity contribution is 8.02. The van der Waals surface area contributed by atoms with Gasteiger partial charge in [-0.25, -0.2) is 0 Å². The number of rotatable bonds is 11. The molecule has 2 aromatic rings. The molecule has 2 unspecified atom stereocenters. The first-order valence-electron chi connectivity index (χ1n) is 9.27. The predicted octanol–water partition coefficient (Wildman–Crippen LogP) is 3.06. The molecule has 0 saturated carbocycles. The summed E-state index contributed by atoms with van der Waals surface area (Å²) in [5.74, 6) is -0.443. The van der Waals surface area contributed by atoms with E-state index < -0.39 is 34.3 Å². The summed E-state index contributed by atoms with van der Waals surface area (Å²) in [6.07, 6.45) is 0.810. The lowest BCUT2D eigenvalue weighted by atomic mass is 10.2. The highest BCUT2D eigenvalue weighted by Gasteiger charge is 2.36. The Balaban J connectivity index is 2.08. The molecule has 0 aliphatic heterocycles. The maximum absolute atomic E-state index is 12.0. The fourth-order valence-corrected chi connectivity index (χ4v) is 5.78. The normalized spacial score (nSPS) is 13.8. The van der Waals surface area contributed by atoms with Gasteiger partial charge in [-0.15, -0.1) is 5.10 Å². The number of hydrogen-bond donors (Lipinski definition) is 4. The zero-order valence-corrected chi connectivity index (χ0v) is 21.5. The molecule has 2 aromatic carbocycles. The van der Waals surface area contributed by atoms with E-state index in [0.29, 0.717) is 5.75 Å². The molecule has 11 nitrogen and oxygen atoms in total. The van der Waals surface area contributed by atoms with Gasteiger partial charge in [-0.05, 0) is 54.6 Å². The van der Waals surface area contributed by atoms with Crippen LogP contribution in [0.4, 0.5) is 0 Å². The third-order valence-corrected chi connectivity index (χ3v) is 8.25. The summed E-state index contributed by atoms with van der Waals surface area (Å²) in [7, 11) is -6.37. The van der Waals surface area contributed by atoms with Gasteiger partial charge in [0, 0.05) is 0 Å². The van der Waals surface area contributed by atoms with Crippen molar-refractivity contribution in [2.75, 3.05) is 27.5 Å². The Labute approximate surface area is 197 Å². The molecular weight excluding hydrogens is 511 g/mol. The lowest BCUT2D eigenvalue weighted by molar-refractivity contribution is 0.258. The van der Waals surface area contributed by atoms with Crippen molar-refractivity contribution in [3.05, 3.63) is 59.7 Å². The van der Waals surface area contributed by atoms with Crippen molar-refractivity contribution in [3.8, 4) is 11.5 Å². The van der Waals surface area contributed by atoms with Crippen LogP contribution < -0.4 is 9.26 Å². The standard InChI is InChI=1S/C18H24N3O8P3S/c1-20(13-31(22,23)24)18(32(25,26)27)15-6-10-17(11-7-15)29-30(33)21(2)19-12-14-4-8-16(28-3)9-5-14/h4-12,18H,13H2,1-3H3,(H3-,22,23,24,25,26,27)/p+1/b19-12+. The fraction of sp³-hybridized carbons (Fsp3) is 0.278. The Hall–Kier alpha value is -1.71. The Morgan fingerprint density at radius 1 is 1.03 bits per heavy atom. The first-order valence-corrected chi connectivity index (χ1v) is 15.0. The van der Waals surface area contributed by atoms with Crippen molar-refractivity contribution >= 4 is 40.3 Å². The first kappa shape index (κ1) is 27.5. The number of benzene rings is 2. The summed E-state index contributed by atoms with van der Waals surface area (Å²) >= 11 is 5.36. The maximum atomic E-state index is 12.0. The molecule has 4 N–H and O–H groups in total. The van der Waals surface area contributed by atoms with Gasteiger partial charge in [-0.2, -0.15) is 0 Å². The molecule has 0 spiro atoms. The molecule has 0 amide bonds. The zero-order valence-electron chi connectivity index (χ0n) is 18.0. The van der Waals surface area contributed by atoms with E-state index in [4.69, 9.17) is 30.9 Å². The van der Waals surface area contributed by atoms with Gasteiger partial charge in [0.15, 0.2) is 5.75 Å². The van der Waals surface area contributed by atoms with Crippen molar-refractivity contribution in [2.45, 2.75) is 5.78 Å². The van der Waals surface area contributed by atoms with Crippen LogP contribution in [-0.2, 0) is 20.9 Å². The Kier molecular flexibility index (Phi) is 9.70. The molecule has 0 aliphatic rings. The average Bonchev–Trinajstić information content (AvgIpc) is 2.71. The van der Waals surface area contributed by atoms with Crippen LogP contribution in [0.5, 0.6) is 11.5 Å². The molecule has 180 valence electrons. The van der Waals surface area contributed by atoms with Crippen LogP contribution in [0.1, 0.15) is 16.9 Å². The summed E-state index contributed by atoms with van der Waals surface area (Å²) < 4.78 is 35.5. The Morgan fingerprint density at radius 3 is 2.06 bits per heavy atom. The van der Waals surface area contributed by atoms with E-state index in [1.807, 2.05) is 12.1 Å². The predicted molar refractivity (Wildman–Crippen MR) is 129 cm³/mol. The highest BCUT2D eigenvalue weighted by atomic mass is 32.4. The Morgan fingerprint density at radius 2 is 1.58 bits per heavy atom. The van der Waals surface area contributed by atoms with Gasteiger partial charge >= 0.3 is 22.3 Å². The van der Waals surface area contributed by atoms with Crippen LogP contribution in [-0.4, -0.2) is 63.0 Å². The first-order chi connectivity index (χ1) is 15.3. The third kappa shape index (κ3) is 8.87. The van der Waals surface area contributed by atoms with E-state index in [0.717, 1.165) is 16.2 Å². The molecular formula is C18H25N3O8P3S+. The van der Waals surface area contributed by atoms with Crippen LogP contribution >= 0.6 is 22.3 Å². The fourth-order valence-electron chi connectivity index (χ4n) is 2.81. The maximum Gasteiger partial charge on any atom is 0.540 e. The average molecular weight is 536 g/mol. The van der Waals surface area contributed by atoms with Crippen molar-refractivity contribution in [3.63, 3.8) is 0 Å². The van der Waals surface area contributed by atoms with Crippen LogP contribution in [0.25, 0.3) is 0 Å². The van der Waals surface area contributed by atoms with E-state index in [-0.39, 0.29) is 5.56 Å². The minimum Gasteiger partial charge on any atom is -0.497 e. The van der Waals surface area contributed by atoms with Gasteiger partial charge in [-0.1, -0.05) is 16.9 Å². The SMILES string of the molecule is COc1ccc(/C=N/N(C)[P+](=S)Oc2ccc(C(N(C)CP(=O)(O)O)P(=O)(O)O)cc2)cc1. The van der Waals surface area contributed by atoms with Crippen LogP contribution in [0.2, 0.25) is 0 Å². The van der Waals surface area contributed by atoms with Gasteiger partial charge in [0.25, 0.3) is 0 Å². The number of hydrazone groups is 1. The molecule has 0 aliphatic carbocycles. The van der Waals surface area contributed by atoms with Crippen LogP contribution in [0, 0.1) is 0 Å². The summed E-state index contributed by atoms with van der Waals surface area (Å²) in [6, 6.07) is 13.1. The van der Waals surface area contributed by atoms with Gasteiger partial charge < -0.3 is 24.3 Å². The lowest BCUT2D eigenvalue weighted by Gasteiger charge is -2.28. The van der Waals surface area contributed by atoms with Gasteiger partial charge in [-0.3, -0.25) is 18.6 Å². The molecule has 0 saturated heterocycles. The van der Waals surface area contributed by atoms with E-state index in [1.54, 1.807) is 32.5 Å². The minimum absolute atomic E-state index is 0.172. The third-order valence-electron chi connectivity index (χ3n) is 4.23. The molecule has 0 bridgehead atoms. The van der Waals surface area contributed by atoms with Gasteiger partial charge in [0.2, 0.25) is 11.8 Å². The zero-order chi connectivity index (χ0) is 24.8. The second kappa shape index (κ2) is 11.6. The Bertz CT molecular complexity index is 1070. The number of methoxy groups -OCH3 is 1. The molecule has 0 aromatic heterocycles. The summed E-state index contributed by atoms with van der Waals surface area (Å²) in [6.45, 7) is 0. The van der Waals surface area contributed by atoms with Crippen molar-refractivity contribution in [1.29, 1.82) is 0 Å². The molecule has 0 fully saturated rings.